The molecule has 2 nitrogen and oxygen atoms in total. The van der Waals surface area contributed by atoms with E-state index in [9.17, 15) is 0 Å². The summed E-state index contributed by atoms with van der Waals surface area (Å²) in [4.78, 5) is 10.2. The van der Waals surface area contributed by atoms with Gasteiger partial charge in [-0.1, -0.05) is 115 Å². The second-order valence-corrected chi connectivity index (χ2v) is 8.49. The summed E-state index contributed by atoms with van der Waals surface area (Å²) in [6, 6.07) is 33.6. The minimum absolute atomic E-state index is 0.716. The van der Waals surface area contributed by atoms with Crippen molar-refractivity contribution in [3.05, 3.63) is 138 Å². The van der Waals surface area contributed by atoms with Gasteiger partial charge in [-0.3, -0.25) is 0 Å². The summed E-state index contributed by atoms with van der Waals surface area (Å²) in [5.41, 5.74) is 8.45. The SMILES string of the molecule is C=C/C=C(/c1cc(-c2ccc(C)cc2)nc(-c2cccc3ccccc23)n1)c1ccccc1C. The Morgan fingerprint density at radius 3 is 2.29 bits per heavy atom. The van der Waals surface area contributed by atoms with Crippen molar-refractivity contribution in [3.8, 4) is 22.6 Å². The Morgan fingerprint density at radius 1 is 0.765 bits per heavy atom. The van der Waals surface area contributed by atoms with Gasteiger partial charge in [0.1, 0.15) is 0 Å². The number of fused-ring (bicyclic) bond motifs is 1. The molecule has 164 valence electrons. The molecule has 0 aliphatic heterocycles. The van der Waals surface area contributed by atoms with Gasteiger partial charge in [-0.15, -0.1) is 0 Å². The average Bonchev–Trinajstić information content (AvgIpc) is 2.87. The molecule has 0 bridgehead atoms. The van der Waals surface area contributed by atoms with Crippen molar-refractivity contribution in [3.63, 3.8) is 0 Å². The van der Waals surface area contributed by atoms with Crippen LogP contribution in [0.5, 0.6) is 0 Å². The van der Waals surface area contributed by atoms with Gasteiger partial charge in [-0.05, 0) is 41.8 Å². The maximum absolute atomic E-state index is 5.11. The second-order valence-electron chi connectivity index (χ2n) is 8.49. The zero-order chi connectivity index (χ0) is 23.5. The quantitative estimate of drug-likeness (QED) is 0.258. The molecule has 0 saturated carbocycles. The highest BCUT2D eigenvalue weighted by Gasteiger charge is 2.15. The lowest BCUT2D eigenvalue weighted by Crippen LogP contribution is -2.01. The number of nitrogens with zero attached hydrogens (tertiary/aromatic N) is 2. The largest absolute Gasteiger partial charge is 0.228 e. The molecule has 5 aromatic rings. The van der Waals surface area contributed by atoms with Gasteiger partial charge in [-0.25, -0.2) is 9.97 Å². The lowest BCUT2D eigenvalue weighted by molar-refractivity contribution is 1.16. The molecular formula is C32H26N2. The standard InChI is InChI=1S/C32H26N2/c1-4-10-28(26-14-7-5-11-23(26)3)31-21-30(25-19-17-22(2)18-20-25)33-32(34-31)29-16-9-13-24-12-6-8-15-27(24)29/h4-21H,1H2,2-3H3/b28-10+. The van der Waals surface area contributed by atoms with Crippen LogP contribution in [-0.2, 0) is 0 Å². The molecule has 2 heteroatoms. The monoisotopic (exact) mass is 438 g/mol. The van der Waals surface area contributed by atoms with Crippen LogP contribution in [0.25, 0.3) is 39.0 Å². The summed E-state index contributed by atoms with van der Waals surface area (Å²) in [6.07, 6.45) is 3.86. The first-order chi connectivity index (χ1) is 16.6. The number of rotatable bonds is 5. The predicted octanol–water partition coefficient (Wildman–Crippen LogP) is 8.20. The Morgan fingerprint density at radius 2 is 1.50 bits per heavy atom. The Labute approximate surface area is 201 Å². The van der Waals surface area contributed by atoms with Crippen LogP contribution in [0, 0.1) is 13.8 Å². The molecule has 0 unspecified atom stereocenters. The first kappa shape index (κ1) is 21.5. The molecule has 0 N–H and O–H groups in total. The Hall–Kier alpha value is -4.30. The summed E-state index contributed by atoms with van der Waals surface area (Å²) in [6.45, 7) is 8.20. The van der Waals surface area contributed by atoms with Crippen LogP contribution in [-0.4, -0.2) is 9.97 Å². The molecule has 0 aliphatic rings. The van der Waals surface area contributed by atoms with E-state index in [2.05, 4.69) is 117 Å². The molecule has 34 heavy (non-hydrogen) atoms. The first-order valence-electron chi connectivity index (χ1n) is 11.5. The van der Waals surface area contributed by atoms with Gasteiger partial charge >= 0.3 is 0 Å². The lowest BCUT2D eigenvalue weighted by Gasteiger charge is -2.14. The van der Waals surface area contributed by atoms with E-state index in [0.29, 0.717) is 5.82 Å². The van der Waals surface area contributed by atoms with E-state index in [1.54, 1.807) is 0 Å². The summed E-state index contributed by atoms with van der Waals surface area (Å²) in [5.74, 6) is 0.716. The van der Waals surface area contributed by atoms with Crippen LogP contribution >= 0.6 is 0 Å². The molecule has 0 aliphatic carbocycles. The highest BCUT2D eigenvalue weighted by molar-refractivity contribution is 5.95. The van der Waals surface area contributed by atoms with Crippen LogP contribution in [0.1, 0.15) is 22.4 Å². The molecule has 1 aromatic heterocycles. The molecule has 0 amide bonds. The minimum atomic E-state index is 0.716. The predicted molar refractivity (Wildman–Crippen MR) is 144 cm³/mol. The van der Waals surface area contributed by atoms with Gasteiger partial charge in [0.25, 0.3) is 0 Å². The zero-order valence-corrected chi connectivity index (χ0v) is 19.5. The fraction of sp³-hybridized carbons (Fsp3) is 0.0625. The van der Waals surface area contributed by atoms with E-state index >= 15 is 0 Å². The van der Waals surface area contributed by atoms with E-state index in [4.69, 9.17) is 9.97 Å². The molecule has 0 spiro atoms. The summed E-state index contributed by atoms with van der Waals surface area (Å²) < 4.78 is 0. The van der Waals surface area contributed by atoms with E-state index in [1.807, 2.05) is 12.2 Å². The lowest BCUT2D eigenvalue weighted by atomic mass is 9.96. The van der Waals surface area contributed by atoms with Crippen molar-refractivity contribution in [2.75, 3.05) is 0 Å². The fourth-order valence-electron chi connectivity index (χ4n) is 4.30. The van der Waals surface area contributed by atoms with Crippen molar-refractivity contribution >= 4 is 16.3 Å². The molecule has 4 aromatic carbocycles. The van der Waals surface area contributed by atoms with Gasteiger partial charge in [0, 0.05) is 16.7 Å². The smallest absolute Gasteiger partial charge is 0.161 e. The molecule has 5 rings (SSSR count). The summed E-state index contributed by atoms with van der Waals surface area (Å²) in [5, 5.41) is 2.31. The Kier molecular flexibility index (Phi) is 5.88. The van der Waals surface area contributed by atoms with Crippen molar-refractivity contribution in [2.45, 2.75) is 13.8 Å². The number of allylic oxidation sites excluding steroid dienone is 2. The van der Waals surface area contributed by atoms with Crippen LogP contribution in [0.15, 0.2) is 116 Å². The number of hydrogen-bond acceptors (Lipinski definition) is 2. The highest BCUT2D eigenvalue weighted by atomic mass is 14.9. The molecule has 0 fully saturated rings. The van der Waals surface area contributed by atoms with E-state index < -0.39 is 0 Å². The van der Waals surface area contributed by atoms with Crippen molar-refractivity contribution in [2.24, 2.45) is 0 Å². The Bertz CT molecular complexity index is 1520. The number of aromatic nitrogens is 2. The van der Waals surface area contributed by atoms with Crippen molar-refractivity contribution < 1.29 is 0 Å². The highest BCUT2D eigenvalue weighted by Crippen LogP contribution is 2.32. The van der Waals surface area contributed by atoms with Crippen molar-refractivity contribution in [1.29, 1.82) is 0 Å². The third-order valence-electron chi connectivity index (χ3n) is 6.10. The summed E-state index contributed by atoms with van der Waals surface area (Å²) in [7, 11) is 0. The third kappa shape index (κ3) is 4.18. The first-order valence-corrected chi connectivity index (χ1v) is 11.5. The summed E-state index contributed by atoms with van der Waals surface area (Å²) >= 11 is 0. The molecule has 0 saturated heterocycles. The van der Waals surface area contributed by atoms with Gasteiger partial charge in [-0.2, -0.15) is 0 Å². The van der Waals surface area contributed by atoms with E-state index in [-0.39, 0.29) is 0 Å². The maximum atomic E-state index is 5.11. The average molecular weight is 439 g/mol. The number of benzene rings is 4. The van der Waals surface area contributed by atoms with Gasteiger partial charge in [0.2, 0.25) is 0 Å². The minimum Gasteiger partial charge on any atom is -0.228 e. The molecule has 1 heterocycles. The van der Waals surface area contributed by atoms with Gasteiger partial charge in [0.05, 0.1) is 11.4 Å². The Balaban J connectivity index is 1.79. The molecule has 0 radical (unpaired) electrons. The molecular weight excluding hydrogens is 412 g/mol. The maximum Gasteiger partial charge on any atom is 0.161 e. The van der Waals surface area contributed by atoms with Gasteiger partial charge in [0.15, 0.2) is 5.82 Å². The van der Waals surface area contributed by atoms with Crippen LogP contribution < -0.4 is 0 Å². The van der Waals surface area contributed by atoms with Crippen LogP contribution in [0.2, 0.25) is 0 Å². The number of aryl methyl sites for hydroxylation is 2. The number of hydrogen-bond donors (Lipinski definition) is 0. The second kappa shape index (κ2) is 9.29. The zero-order valence-electron chi connectivity index (χ0n) is 19.5. The van der Waals surface area contributed by atoms with Crippen molar-refractivity contribution in [1.82, 2.24) is 9.97 Å². The molecule has 0 atom stereocenters. The van der Waals surface area contributed by atoms with E-state index in [1.165, 1.54) is 16.5 Å². The topological polar surface area (TPSA) is 25.8 Å². The fourth-order valence-corrected chi connectivity index (χ4v) is 4.30. The van der Waals surface area contributed by atoms with Crippen LogP contribution in [0.4, 0.5) is 0 Å². The van der Waals surface area contributed by atoms with Gasteiger partial charge < -0.3 is 0 Å². The van der Waals surface area contributed by atoms with E-state index in [0.717, 1.165) is 39.0 Å². The third-order valence-corrected chi connectivity index (χ3v) is 6.10. The normalized spacial score (nSPS) is 11.5. The van der Waals surface area contributed by atoms with Crippen LogP contribution in [0.3, 0.4) is 0 Å².